The van der Waals surface area contributed by atoms with Crippen LogP contribution in [0.25, 0.3) is 17.2 Å². The lowest BCUT2D eigenvalue weighted by Crippen LogP contribution is -2.24. The van der Waals surface area contributed by atoms with Gasteiger partial charge < -0.3 is 0 Å². The molecule has 0 aliphatic heterocycles. The van der Waals surface area contributed by atoms with Crippen molar-refractivity contribution >= 4 is 6.08 Å². The lowest BCUT2D eigenvalue weighted by Gasteiger charge is -2.37. The van der Waals surface area contributed by atoms with Crippen LogP contribution in [0.1, 0.15) is 82.3 Å². The van der Waals surface area contributed by atoms with E-state index in [1.807, 2.05) is 6.07 Å². The van der Waals surface area contributed by atoms with Gasteiger partial charge in [-0.25, -0.2) is 13.2 Å². The van der Waals surface area contributed by atoms with Crippen LogP contribution in [-0.4, -0.2) is 0 Å². The molecule has 2 saturated carbocycles. The minimum Gasteiger partial charge on any atom is -0.206 e. The van der Waals surface area contributed by atoms with Gasteiger partial charge in [-0.15, -0.1) is 0 Å². The standard InChI is InChI=1S/C28H33F3/c1-3-4-25-27(30)16-23(17-28(25)31)24-14-13-22(15-26(24)29)21-11-9-20(10-12-21)19-7-5-18(2)6-8-19/h3-4,13-21H,5-12H2,1-2H3/b4-3+. The van der Waals surface area contributed by atoms with Crippen molar-refractivity contribution in [1.82, 2.24) is 0 Å². The molecule has 0 spiro atoms. The van der Waals surface area contributed by atoms with Gasteiger partial charge in [0, 0.05) is 11.1 Å². The van der Waals surface area contributed by atoms with E-state index in [-0.39, 0.29) is 16.7 Å². The maximum atomic E-state index is 14.9. The van der Waals surface area contributed by atoms with Crippen molar-refractivity contribution in [3.05, 3.63) is 65.0 Å². The number of allylic oxidation sites excluding steroid dienone is 1. The average Bonchev–Trinajstić information content (AvgIpc) is 2.77. The second-order valence-electron chi connectivity index (χ2n) is 9.72. The SMILES string of the molecule is C/C=C/c1c(F)cc(-c2ccc(C3CCC(C4CCC(C)CC4)CC3)cc2F)cc1F. The van der Waals surface area contributed by atoms with Crippen molar-refractivity contribution in [2.45, 2.75) is 71.1 Å². The summed E-state index contributed by atoms with van der Waals surface area (Å²) in [5.74, 6) is 1.22. The Morgan fingerprint density at radius 3 is 1.87 bits per heavy atom. The minimum atomic E-state index is -0.674. The molecule has 0 unspecified atom stereocenters. The van der Waals surface area contributed by atoms with Gasteiger partial charge in [0.1, 0.15) is 17.5 Å². The van der Waals surface area contributed by atoms with Crippen molar-refractivity contribution in [2.75, 3.05) is 0 Å². The van der Waals surface area contributed by atoms with Crippen molar-refractivity contribution in [3.63, 3.8) is 0 Å². The summed E-state index contributed by atoms with van der Waals surface area (Å²) in [6, 6.07) is 7.64. The van der Waals surface area contributed by atoms with E-state index in [0.29, 0.717) is 5.92 Å². The molecule has 2 aromatic carbocycles. The third kappa shape index (κ3) is 4.91. The van der Waals surface area contributed by atoms with Gasteiger partial charge in [-0.1, -0.05) is 44.1 Å². The molecule has 0 aromatic heterocycles. The number of hydrogen-bond donors (Lipinski definition) is 0. The zero-order valence-corrected chi connectivity index (χ0v) is 18.6. The predicted octanol–water partition coefficient (Wildman–Crippen LogP) is 8.90. The summed E-state index contributed by atoms with van der Waals surface area (Å²) in [7, 11) is 0. The smallest absolute Gasteiger partial charge is 0.133 e. The lowest BCUT2D eigenvalue weighted by molar-refractivity contribution is 0.165. The van der Waals surface area contributed by atoms with Crippen LogP contribution < -0.4 is 0 Å². The molecule has 3 heteroatoms. The van der Waals surface area contributed by atoms with Gasteiger partial charge in [-0.2, -0.15) is 0 Å². The molecule has 31 heavy (non-hydrogen) atoms. The van der Waals surface area contributed by atoms with Crippen molar-refractivity contribution in [2.24, 2.45) is 17.8 Å². The van der Waals surface area contributed by atoms with Crippen molar-refractivity contribution in [3.8, 4) is 11.1 Å². The Labute approximate surface area is 184 Å². The topological polar surface area (TPSA) is 0 Å². The van der Waals surface area contributed by atoms with Crippen LogP contribution in [-0.2, 0) is 0 Å². The van der Waals surface area contributed by atoms with Crippen LogP contribution in [0.5, 0.6) is 0 Å². The Morgan fingerprint density at radius 2 is 1.32 bits per heavy atom. The van der Waals surface area contributed by atoms with Gasteiger partial charge >= 0.3 is 0 Å². The highest BCUT2D eigenvalue weighted by molar-refractivity contribution is 5.67. The van der Waals surface area contributed by atoms with Gasteiger partial charge in [0.2, 0.25) is 0 Å². The summed E-state index contributed by atoms with van der Waals surface area (Å²) < 4.78 is 43.5. The van der Waals surface area contributed by atoms with Crippen molar-refractivity contribution < 1.29 is 13.2 Å². The van der Waals surface area contributed by atoms with E-state index in [9.17, 15) is 13.2 Å². The number of rotatable bonds is 4. The first kappa shape index (κ1) is 22.2. The second kappa shape index (κ2) is 9.63. The van der Waals surface area contributed by atoms with Crippen LogP contribution in [0.15, 0.2) is 36.4 Å². The average molecular weight is 427 g/mol. The first-order valence-corrected chi connectivity index (χ1v) is 11.9. The Bertz CT molecular complexity index is 906. The largest absolute Gasteiger partial charge is 0.206 e. The maximum Gasteiger partial charge on any atom is 0.133 e. The molecule has 0 saturated heterocycles. The number of halogens is 3. The summed E-state index contributed by atoms with van der Waals surface area (Å²) in [4.78, 5) is 0. The summed E-state index contributed by atoms with van der Waals surface area (Å²) in [6.07, 6.45) is 13.1. The monoisotopic (exact) mass is 426 g/mol. The highest BCUT2D eigenvalue weighted by atomic mass is 19.1. The third-order valence-electron chi connectivity index (χ3n) is 7.69. The van der Waals surface area contributed by atoms with Crippen LogP contribution in [0.3, 0.4) is 0 Å². The quantitative estimate of drug-likeness (QED) is 0.458. The molecule has 0 N–H and O–H groups in total. The first-order valence-electron chi connectivity index (χ1n) is 11.9. The highest BCUT2D eigenvalue weighted by Gasteiger charge is 2.30. The minimum absolute atomic E-state index is 0.0903. The molecule has 166 valence electrons. The second-order valence-corrected chi connectivity index (χ2v) is 9.72. The van der Waals surface area contributed by atoms with Crippen LogP contribution >= 0.6 is 0 Å². The summed E-state index contributed by atoms with van der Waals surface area (Å²) >= 11 is 0. The van der Waals surface area contributed by atoms with Crippen LogP contribution in [0.4, 0.5) is 13.2 Å². The molecule has 2 aromatic rings. The zero-order valence-electron chi connectivity index (χ0n) is 18.6. The number of hydrogen-bond acceptors (Lipinski definition) is 0. The van der Waals surface area contributed by atoms with Gasteiger partial charge in [-0.3, -0.25) is 0 Å². The van der Waals surface area contributed by atoms with Gasteiger partial charge in [0.05, 0.1) is 0 Å². The third-order valence-corrected chi connectivity index (χ3v) is 7.69. The molecule has 0 nitrogen and oxygen atoms in total. The maximum absolute atomic E-state index is 14.9. The van der Waals surface area contributed by atoms with Gasteiger partial charge in [-0.05, 0) is 98.4 Å². The number of benzene rings is 2. The van der Waals surface area contributed by atoms with E-state index in [2.05, 4.69) is 6.92 Å². The van der Waals surface area contributed by atoms with Crippen molar-refractivity contribution in [1.29, 1.82) is 0 Å². The first-order chi connectivity index (χ1) is 15.0. The molecule has 4 rings (SSSR count). The van der Waals surface area contributed by atoms with Gasteiger partial charge in [0.15, 0.2) is 0 Å². The van der Waals surface area contributed by atoms with Crippen LogP contribution in [0.2, 0.25) is 0 Å². The van der Waals surface area contributed by atoms with E-state index in [1.165, 1.54) is 56.7 Å². The Hall–Kier alpha value is -2.03. The Kier molecular flexibility index (Phi) is 6.89. The lowest BCUT2D eigenvalue weighted by atomic mass is 9.68. The van der Waals surface area contributed by atoms with E-state index in [1.54, 1.807) is 25.1 Å². The van der Waals surface area contributed by atoms with E-state index < -0.39 is 17.5 Å². The molecule has 0 radical (unpaired) electrons. The van der Waals surface area contributed by atoms with Gasteiger partial charge in [0.25, 0.3) is 0 Å². The van der Waals surface area contributed by atoms with E-state index in [0.717, 1.165) is 36.2 Å². The molecule has 0 bridgehead atoms. The zero-order chi connectivity index (χ0) is 22.0. The van der Waals surface area contributed by atoms with E-state index in [4.69, 9.17) is 0 Å². The summed E-state index contributed by atoms with van der Waals surface area (Å²) in [5.41, 5.74) is 1.41. The molecule has 2 aliphatic carbocycles. The summed E-state index contributed by atoms with van der Waals surface area (Å²) in [5, 5.41) is 0. The molecule has 2 aliphatic rings. The Balaban J connectivity index is 1.45. The van der Waals surface area contributed by atoms with E-state index >= 15 is 0 Å². The molecular weight excluding hydrogens is 393 g/mol. The summed E-state index contributed by atoms with van der Waals surface area (Å²) in [6.45, 7) is 4.07. The van der Waals surface area contributed by atoms with Crippen LogP contribution in [0, 0.1) is 35.2 Å². The molecule has 2 fully saturated rings. The fraction of sp³-hybridized carbons (Fsp3) is 0.500. The predicted molar refractivity (Wildman–Crippen MR) is 122 cm³/mol. The normalized spacial score (nSPS) is 27.0. The highest BCUT2D eigenvalue weighted by Crippen LogP contribution is 2.44. The fourth-order valence-corrected chi connectivity index (χ4v) is 5.77. The Morgan fingerprint density at radius 1 is 0.742 bits per heavy atom. The molecule has 0 amide bonds. The molecular formula is C28H33F3. The molecule has 0 heterocycles. The fourth-order valence-electron chi connectivity index (χ4n) is 5.77. The molecule has 0 atom stereocenters.